The van der Waals surface area contributed by atoms with Crippen molar-refractivity contribution in [1.29, 1.82) is 0 Å². The molecule has 0 heterocycles. The highest BCUT2D eigenvalue weighted by molar-refractivity contribution is 5.34. The lowest BCUT2D eigenvalue weighted by Crippen LogP contribution is -2.07. The maximum Gasteiger partial charge on any atom is 0.118 e. The summed E-state index contributed by atoms with van der Waals surface area (Å²) in [6.07, 6.45) is 2.00. The first-order chi connectivity index (χ1) is 12.3. The van der Waals surface area contributed by atoms with E-state index in [-0.39, 0.29) is 0 Å². The second kappa shape index (κ2) is 8.39. The molecule has 128 valence electrons. The minimum atomic E-state index is 0.418. The maximum absolute atomic E-state index is 5.30. The van der Waals surface area contributed by atoms with Crippen molar-refractivity contribution in [2.75, 3.05) is 14.2 Å². The predicted octanol–water partition coefficient (Wildman–Crippen LogP) is 5.27. The molecule has 0 saturated carbocycles. The lowest BCUT2D eigenvalue weighted by molar-refractivity contribution is 0.414. The minimum absolute atomic E-state index is 0.418. The molecule has 3 aromatic rings. The Balaban J connectivity index is 1.84. The fourth-order valence-corrected chi connectivity index (χ4v) is 3.13. The van der Waals surface area contributed by atoms with E-state index in [1.807, 2.05) is 24.3 Å². The molecule has 0 bridgehead atoms. The van der Waals surface area contributed by atoms with Crippen LogP contribution in [0.25, 0.3) is 0 Å². The van der Waals surface area contributed by atoms with Crippen molar-refractivity contribution in [2.24, 2.45) is 0 Å². The molecule has 2 nitrogen and oxygen atoms in total. The van der Waals surface area contributed by atoms with E-state index in [1.54, 1.807) is 14.2 Å². The van der Waals surface area contributed by atoms with Gasteiger partial charge in [0, 0.05) is 0 Å². The van der Waals surface area contributed by atoms with Crippen molar-refractivity contribution in [3.63, 3.8) is 0 Å². The summed E-state index contributed by atoms with van der Waals surface area (Å²) >= 11 is 0. The maximum atomic E-state index is 5.30. The first-order valence-electron chi connectivity index (χ1n) is 8.59. The highest BCUT2D eigenvalue weighted by Gasteiger charge is 2.14. The number of methoxy groups -OCH3 is 2. The predicted molar refractivity (Wildman–Crippen MR) is 103 cm³/mol. The van der Waals surface area contributed by atoms with Gasteiger partial charge in [0.15, 0.2) is 0 Å². The largest absolute Gasteiger partial charge is 0.497 e. The van der Waals surface area contributed by atoms with E-state index in [4.69, 9.17) is 9.47 Å². The zero-order valence-corrected chi connectivity index (χ0v) is 14.8. The lowest BCUT2D eigenvalue weighted by Gasteiger charge is -2.18. The molecule has 3 aromatic carbocycles. The summed E-state index contributed by atoms with van der Waals surface area (Å²) in [6.45, 7) is 0. The van der Waals surface area contributed by atoms with Crippen LogP contribution in [0.5, 0.6) is 11.5 Å². The number of ether oxygens (including phenoxy) is 2. The molecule has 0 spiro atoms. The summed E-state index contributed by atoms with van der Waals surface area (Å²) in [7, 11) is 3.40. The van der Waals surface area contributed by atoms with Gasteiger partial charge in [-0.2, -0.15) is 0 Å². The molecule has 1 atom stereocenters. The van der Waals surface area contributed by atoms with Crippen LogP contribution in [0.2, 0.25) is 0 Å². The monoisotopic (exact) mass is 332 g/mol. The number of benzene rings is 3. The van der Waals surface area contributed by atoms with Gasteiger partial charge in [0.2, 0.25) is 0 Å². The second-order valence-electron chi connectivity index (χ2n) is 6.21. The molecule has 3 rings (SSSR count). The van der Waals surface area contributed by atoms with Gasteiger partial charge in [0.1, 0.15) is 11.5 Å². The third-order valence-electron chi connectivity index (χ3n) is 4.55. The Morgan fingerprint density at radius 1 is 0.600 bits per heavy atom. The molecule has 0 saturated heterocycles. The van der Waals surface area contributed by atoms with Gasteiger partial charge in [0.25, 0.3) is 0 Å². The molecular formula is C23H24O2. The summed E-state index contributed by atoms with van der Waals surface area (Å²) in [5, 5.41) is 0. The third kappa shape index (κ3) is 4.63. The molecule has 0 aliphatic rings. The van der Waals surface area contributed by atoms with Gasteiger partial charge in [-0.25, -0.2) is 0 Å². The van der Waals surface area contributed by atoms with Crippen LogP contribution in [0.1, 0.15) is 22.6 Å². The molecule has 2 heteroatoms. The van der Waals surface area contributed by atoms with Crippen LogP contribution in [-0.2, 0) is 12.8 Å². The SMILES string of the molecule is COc1ccc(C[C@H](Cc2ccccc2)c2ccc(OC)cc2)cc1. The van der Waals surface area contributed by atoms with Gasteiger partial charge >= 0.3 is 0 Å². The Kier molecular flexibility index (Phi) is 5.73. The fourth-order valence-electron chi connectivity index (χ4n) is 3.13. The Labute approximate surface area is 150 Å². The minimum Gasteiger partial charge on any atom is -0.497 e. The smallest absolute Gasteiger partial charge is 0.118 e. The van der Waals surface area contributed by atoms with E-state index in [1.165, 1.54) is 16.7 Å². The van der Waals surface area contributed by atoms with Gasteiger partial charge in [-0.1, -0.05) is 54.6 Å². The first kappa shape index (κ1) is 17.1. The average Bonchev–Trinajstić information content (AvgIpc) is 2.69. The van der Waals surface area contributed by atoms with E-state index in [9.17, 15) is 0 Å². The zero-order valence-electron chi connectivity index (χ0n) is 14.8. The molecule has 0 aliphatic carbocycles. The van der Waals surface area contributed by atoms with Crippen molar-refractivity contribution >= 4 is 0 Å². The molecule has 0 aromatic heterocycles. The quantitative estimate of drug-likeness (QED) is 0.586. The second-order valence-corrected chi connectivity index (χ2v) is 6.21. The molecule has 0 unspecified atom stereocenters. The van der Waals surface area contributed by atoms with E-state index in [0.717, 1.165) is 24.3 Å². The topological polar surface area (TPSA) is 18.5 Å². The number of hydrogen-bond acceptors (Lipinski definition) is 2. The van der Waals surface area contributed by atoms with Crippen LogP contribution >= 0.6 is 0 Å². The first-order valence-corrected chi connectivity index (χ1v) is 8.59. The van der Waals surface area contributed by atoms with Gasteiger partial charge < -0.3 is 9.47 Å². The van der Waals surface area contributed by atoms with Gasteiger partial charge in [0.05, 0.1) is 14.2 Å². The van der Waals surface area contributed by atoms with E-state index in [0.29, 0.717) is 5.92 Å². The van der Waals surface area contributed by atoms with Crippen molar-refractivity contribution in [3.8, 4) is 11.5 Å². The molecule has 0 aliphatic heterocycles. The number of rotatable bonds is 7. The summed E-state index contributed by atoms with van der Waals surface area (Å²) in [4.78, 5) is 0. The molecule has 0 N–H and O–H groups in total. The Morgan fingerprint density at radius 3 is 1.60 bits per heavy atom. The van der Waals surface area contributed by atoms with Gasteiger partial charge in [-0.05, 0) is 59.7 Å². The van der Waals surface area contributed by atoms with Crippen molar-refractivity contribution in [2.45, 2.75) is 18.8 Å². The summed E-state index contributed by atoms with van der Waals surface area (Å²) in [5.74, 6) is 2.21. The van der Waals surface area contributed by atoms with Crippen molar-refractivity contribution in [3.05, 3.63) is 95.6 Å². The fraction of sp³-hybridized carbons (Fsp3) is 0.217. The van der Waals surface area contributed by atoms with E-state index in [2.05, 4.69) is 54.6 Å². The van der Waals surface area contributed by atoms with Crippen LogP contribution < -0.4 is 9.47 Å². The Bertz CT molecular complexity index is 761. The van der Waals surface area contributed by atoms with Crippen molar-refractivity contribution < 1.29 is 9.47 Å². The molecular weight excluding hydrogens is 308 g/mol. The van der Waals surface area contributed by atoms with Crippen LogP contribution in [-0.4, -0.2) is 14.2 Å². The summed E-state index contributed by atoms with van der Waals surface area (Å²) in [6, 6.07) is 27.5. The van der Waals surface area contributed by atoms with Crippen LogP contribution in [0.3, 0.4) is 0 Å². The van der Waals surface area contributed by atoms with Gasteiger partial charge in [-0.15, -0.1) is 0 Å². The highest BCUT2D eigenvalue weighted by atomic mass is 16.5. The molecule has 0 radical (unpaired) electrons. The standard InChI is InChI=1S/C23H24O2/c1-24-22-12-8-19(9-13-22)17-21(16-18-6-4-3-5-7-18)20-10-14-23(25-2)15-11-20/h3-15,21H,16-17H2,1-2H3/t21-/m0/s1. The van der Waals surface area contributed by atoms with E-state index >= 15 is 0 Å². The number of hydrogen-bond donors (Lipinski definition) is 0. The molecule has 0 amide bonds. The normalized spacial score (nSPS) is 11.8. The third-order valence-corrected chi connectivity index (χ3v) is 4.55. The van der Waals surface area contributed by atoms with Crippen molar-refractivity contribution in [1.82, 2.24) is 0 Å². The highest BCUT2D eigenvalue weighted by Crippen LogP contribution is 2.27. The van der Waals surface area contributed by atoms with E-state index < -0.39 is 0 Å². The summed E-state index contributed by atoms with van der Waals surface area (Å²) in [5.41, 5.74) is 4.01. The average molecular weight is 332 g/mol. The van der Waals surface area contributed by atoms with Crippen LogP contribution in [0.15, 0.2) is 78.9 Å². The van der Waals surface area contributed by atoms with Crippen LogP contribution in [0.4, 0.5) is 0 Å². The van der Waals surface area contributed by atoms with Gasteiger partial charge in [-0.3, -0.25) is 0 Å². The summed E-state index contributed by atoms with van der Waals surface area (Å²) < 4.78 is 10.6. The zero-order chi connectivity index (χ0) is 17.5. The molecule has 0 fully saturated rings. The van der Waals surface area contributed by atoms with Crippen LogP contribution in [0, 0.1) is 0 Å². The Morgan fingerprint density at radius 2 is 1.08 bits per heavy atom. The Hall–Kier alpha value is -2.74. The lowest BCUT2D eigenvalue weighted by atomic mass is 9.86. The molecule has 25 heavy (non-hydrogen) atoms.